The molecule has 7 nitrogen and oxygen atoms in total. The highest BCUT2D eigenvalue weighted by Crippen LogP contribution is 2.23. The molecule has 3 aromatic heterocycles. The summed E-state index contributed by atoms with van der Waals surface area (Å²) in [6, 6.07) is 7.52. The van der Waals surface area contributed by atoms with Crippen molar-refractivity contribution in [1.82, 2.24) is 30.1 Å². The Bertz CT molecular complexity index is 1130. The van der Waals surface area contributed by atoms with Crippen LogP contribution in [0.15, 0.2) is 48.9 Å². The maximum atomic E-state index is 13.4. The molecule has 1 N–H and O–H groups in total. The average Bonchev–Trinajstić information content (AvgIpc) is 3.27. The number of benzene rings is 1. The van der Waals surface area contributed by atoms with E-state index < -0.39 is 11.6 Å². The van der Waals surface area contributed by atoms with Gasteiger partial charge in [-0.05, 0) is 36.8 Å². The maximum absolute atomic E-state index is 13.4. The number of pyridine rings is 1. The van der Waals surface area contributed by atoms with E-state index in [2.05, 4.69) is 37.1 Å². The van der Waals surface area contributed by atoms with Gasteiger partial charge in [0.25, 0.3) is 0 Å². The number of hydrogen-bond donors (Lipinski definition) is 1. The Hall–Kier alpha value is -3.75. The normalized spacial score (nSPS) is 10.9. The molecule has 0 unspecified atom stereocenters. The van der Waals surface area contributed by atoms with Gasteiger partial charge in [0.2, 0.25) is 0 Å². The molecule has 0 radical (unpaired) electrons. The second-order valence-electron chi connectivity index (χ2n) is 6.54. The lowest BCUT2D eigenvalue weighted by Gasteiger charge is -2.04. The monoisotopic (exact) mass is 408 g/mol. The highest BCUT2D eigenvalue weighted by Gasteiger charge is 2.11. The van der Waals surface area contributed by atoms with E-state index in [1.54, 1.807) is 18.6 Å². The first-order valence-electron chi connectivity index (χ1n) is 9.44. The molecule has 0 aliphatic rings. The van der Waals surface area contributed by atoms with Crippen LogP contribution in [0.4, 0.5) is 8.78 Å². The van der Waals surface area contributed by atoms with E-state index in [9.17, 15) is 8.78 Å². The SMILES string of the molecule is CCCCOc1ncc(-c2ccc(-c3nnc(-c4ccc(F)c(F)c4)[nH]3)cn2)cn1. The van der Waals surface area contributed by atoms with Crippen molar-refractivity contribution < 1.29 is 13.5 Å². The summed E-state index contributed by atoms with van der Waals surface area (Å²) in [5, 5.41) is 8.06. The predicted molar refractivity (Wildman–Crippen MR) is 106 cm³/mol. The summed E-state index contributed by atoms with van der Waals surface area (Å²) in [6.07, 6.45) is 6.95. The van der Waals surface area contributed by atoms with E-state index >= 15 is 0 Å². The zero-order valence-electron chi connectivity index (χ0n) is 16.1. The van der Waals surface area contributed by atoms with Crippen LogP contribution in [0.5, 0.6) is 6.01 Å². The molecule has 152 valence electrons. The summed E-state index contributed by atoms with van der Waals surface area (Å²) >= 11 is 0. The Labute approximate surface area is 171 Å². The van der Waals surface area contributed by atoms with Crippen LogP contribution < -0.4 is 4.74 Å². The molecule has 4 aromatic rings. The lowest BCUT2D eigenvalue weighted by Crippen LogP contribution is -2.00. The number of aromatic nitrogens is 6. The van der Waals surface area contributed by atoms with E-state index in [0.29, 0.717) is 41.1 Å². The molecule has 0 aliphatic carbocycles. The molecule has 0 bridgehead atoms. The lowest BCUT2D eigenvalue weighted by molar-refractivity contribution is 0.285. The lowest BCUT2D eigenvalue weighted by atomic mass is 10.2. The third-order valence-corrected chi connectivity index (χ3v) is 4.37. The molecule has 0 amide bonds. The number of unbranched alkanes of at least 4 members (excludes halogenated alkanes) is 1. The Morgan fingerprint density at radius 2 is 1.53 bits per heavy atom. The first-order valence-corrected chi connectivity index (χ1v) is 9.44. The zero-order valence-corrected chi connectivity index (χ0v) is 16.1. The molecular formula is C21H18F2N6O. The van der Waals surface area contributed by atoms with Gasteiger partial charge in [-0.3, -0.25) is 4.98 Å². The molecule has 0 saturated carbocycles. The third-order valence-electron chi connectivity index (χ3n) is 4.37. The second kappa shape index (κ2) is 8.73. The first kappa shape index (κ1) is 19.6. The van der Waals surface area contributed by atoms with Gasteiger partial charge in [-0.2, -0.15) is 0 Å². The van der Waals surface area contributed by atoms with Crippen LogP contribution in [0.25, 0.3) is 34.0 Å². The maximum Gasteiger partial charge on any atom is 0.316 e. The van der Waals surface area contributed by atoms with Crippen molar-refractivity contribution in [2.75, 3.05) is 6.61 Å². The highest BCUT2D eigenvalue weighted by molar-refractivity contribution is 5.64. The van der Waals surface area contributed by atoms with Crippen LogP contribution in [0.3, 0.4) is 0 Å². The van der Waals surface area contributed by atoms with Gasteiger partial charge in [0.05, 0.1) is 12.3 Å². The van der Waals surface area contributed by atoms with Gasteiger partial charge in [0, 0.05) is 35.3 Å². The van der Waals surface area contributed by atoms with Crippen molar-refractivity contribution in [3.05, 3.63) is 60.6 Å². The molecule has 4 rings (SSSR count). The Balaban J connectivity index is 1.48. The van der Waals surface area contributed by atoms with E-state index in [1.807, 2.05) is 12.1 Å². The number of hydrogen-bond acceptors (Lipinski definition) is 6. The number of nitrogens with one attached hydrogen (secondary N) is 1. The number of H-pyrrole nitrogens is 1. The molecule has 30 heavy (non-hydrogen) atoms. The van der Waals surface area contributed by atoms with Crippen LogP contribution in [-0.4, -0.2) is 36.7 Å². The summed E-state index contributed by atoms with van der Waals surface area (Å²) < 4.78 is 32.0. The third kappa shape index (κ3) is 4.29. The molecule has 0 atom stereocenters. The molecule has 9 heteroatoms. The Morgan fingerprint density at radius 1 is 0.833 bits per heavy atom. The molecule has 0 spiro atoms. The van der Waals surface area contributed by atoms with Crippen molar-refractivity contribution in [3.8, 4) is 40.0 Å². The van der Waals surface area contributed by atoms with E-state index in [-0.39, 0.29) is 0 Å². The predicted octanol–water partition coefficient (Wildman–Crippen LogP) is 4.45. The van der Waals surface area contributed by atoms with Gasteiger partial charge >= 0.3 is 6.01 Å². The molecule has 1 aromatic carbocycles. The van der Waals surface area contributed by atoms with Crippen molar-refractivity contribution in [2.45, 2.75) is 19.8 Å². The standard InChI is InChI=1S/C21H18F2N6O/c1-2-3-8-30-21-25-11-15(12-26-21)18-7-5-14(10-24-18)20-27-19(28-29-20)13-4-6-16(22)17(23)9-13/h4-7,9-12H,2-3,8H2,1H3,(H,27,28,29). The number of nitrogens with zero attached hydrogens (tertiary/aromatic N) is 5. The summed E-state index contributed by atoms with van der Waals surface area (Å²) in [6.45, 7) is 2.68. The summed E-state index contributed by atoms with van der Waals surface area (Å²) in [4.78, 5) is 15.8. The van der Waals surface area contributed by atoms with Crippen molar-refractivity contribution in [1.29, 1.82) is 0 Å². The van der Waals surface area contributed by atoms with E-state index in [1.165, 1.54) is 6.07 Å². The molecule has 0 fully saturated rings. The average molecular weight is 408 g/mol. The van der Waals surface area contributed by atoms with Crippen molar-refractivity contribution >= 4 is 0 Å². The topological polar surface area (TPSA) is 89.5 Å². The van der Waals surface area contributed by atoms with Gasteiger partial charge < -0.3 is 9.72 Å². The van der Waals surface area contributed by atoms with Crippen LogP contribution in [0, 0.1) is 11.6 Å². The van der Waals surface area contributed by atoms with Gasteiger partial charge in [0.15, 0.2) is 23.3 Å². The number of halogens is 2. The molecule has 0 aliphatic heterocycles. The smallest absolute Gasteiger partial charge is 0.316 e. The minimum Gasteiger partial charge on any atom is -0.463 e. The van der Waals surface area contributed by atoms with Gasteiger partial charge in [0.1, 0.15) is 0 Å². The van der Waals surface area contributed by atoms with Crippen LogP contribution in [-0.2, 0) is 0 Å². The van der Waals surface area contributed by atoms with Gasteiger partial charge in [-0.1, -0.05) is 13.3 Å². The van der Waals surface area contributed by atoms with Crippen LogP contribution in [0.2, 0.25) is 0 Å². The summed E-state index contributed by atoms with van der Waals surface area (Å²) in [5.41, 5.74) is 2.54. The van der Waals surface area contributed by atoms with Gasteiger partial charge in [-0.25, -0.2) is 18.7 Å². The van der Waals surface area contributed by atoms with E-state index in [0.717, 1.165) is 30.5 Å². The number of rotatable bonds is 7. The minimum atomic E-state index is -0.944. The second-order valence-corrected chi connectivity index (χ2v) is 6.54. The zero-order chi connectivity index (χ0) is 20.9. The number of aromatic amines is 1. The quantitative estimate of drug-likeness (QED) is 0.455. The Morgan fingerprint density at radius 3 is 2.20 bits per heavy atom. The largest absolute Gasteiger partial charge is 0.463 e. The van der Waals surface area contributed by atoms with Gasteiger partial charge in [-0.15, -0.1) is 10.2 Å². The minimum absolute atomic E-state index is 0.333. The van der Waals surface area contributed by atoms with Crippen LogP contribution in [0.1, 0.15) is 19.8 Å². The van der Waals surface area contributed by atoms with Crippen LogP contribution >= 0.6 is 0 Å². The number of ether oxygens (including phenoxy) is 1. The molecule has 3 heterocycles. The Kier molecular flexibility index (Phi) is 5.69. The fourth-order valence-electron chi connectivity index (χ4n) is 2.70. The fourth-order valence-corrected chi connectivity index (χ4v) is 2.70. The summed E-state index contributed by atoms with van der Waals surface area (Å²) in [7, 11) is 0. The van der Waals surface area contributed by atoms with E-state index in [4.69, 9.17) is 4.74 Å². The molecular weight excluding hydrogens is 390 g/mol. The first-order chi connectivity index (χ1) is 14.6. The van der Waals surface area contributed by atoms with Crippen molar-refractivity contribution in [3.63, 3.8) is 0 Å². The molecule has 0 saturated heterocycles. The summed E-state index contributed by atoms with van der Waals surface area (Å²) in [5.74, 6) is -1.06. The van der Waals surface area contributed by atoms with Crippen molar-refractivity contribution in [2.24, 2.45) is 0 Å². The highest BCUT2D eigenvalue weighted by atomic mass is 19.2. The fraction of sp³-hybridized carbons (Fsp3) is 0.190.